The van der Waals surface area contributed by atoms with Gasteiger partial charge in [-0.2, -0.15) is 0 Å². The Kier molecular flexibility index (Phi) is 4.98. The Hall–Kier alpha value is -1.34. The van der Waals surface area contributed by atoms with E-state index in [1.165, 1.54) is 29.5 Å². The van der Waals surface area contributed by atoms with Crippen molar-refractivity contribution in [2.45, 2.75) is 32.1 Å². The fourth-order valence-corrected chi connectivity index (χ4v) is 3.21. The molecule has 1 fully saturated rings. The smallest absolute Gasteiger partial charge is 0.00460 e. The van der Waals surface area contributed by atoms with Crippen molar-refractivity contribution in [3.63, 3.8) is 0 Å². The predicted octanol–water partition coefficient (Wildman–Crippen LogP) is 4.30. The standard InChI is InChI=1S/C18H25N/c1-4-6-17(16-9-11-19-12-10-16)18-8-7-14(3)13-15(18)5-2/h4-5,7-8,13,16-17,19H,1-2,6,9-12H2,3H3. The third-order valence-corrected chi connectivity index (χ3v) is 4.24. The number of rotatable bonds is 5. The maximum absolute atomic E-state index is 3.98. The fourth-order valence-electron chi connectivity index (χ4n) is 3.21. The average Bonchev–Trinajstić information content (AvgIpc) is 2.46. The summed E-state index contributed by atoms with van der Waals surface area (Å²) in [6.07, 6.45) is 7.67. The maximum atomic E-state index is 3.98. The molecule has 1 aromatic rings. The summed E-state index contributed by atoms with van der Waals surface area (Å²) in [4.78, 5) is 0. The molecule has 102 valence electrons. The zero-order valence-electron chi connectivity index (χ0n) is 12.0. The third-order valence-electron chi connectivity index (χ3n) is 4.24. The number of allylic oxidation sites excluding steroid dienone is 1. The molecule has 0 spiro atoms. The lowest BCUT2D eigenvalue weighted by Gasteiger charge is -2.31. The highest BCUT2D eigenvalue weighted by Crippen LogP contribution is 2.36. The summed E-state index contributed by atoms with van der Waals surface area (Å²) in [5.41, 5.74) is 4.05. The van der Waals surface area contributed by atoms with Crippen molar-refractivity contribution in [2.75, 3.05) is 13.1 Å². The summed E-state index contributed by atoms with van der Waals surface area (Å²) in [7, 11) is 0. The molecule has 0 aromatic heterocycles. The highest BCUT2D eigenvalue weighted by Gasteiger charge is 2.25. The van der Waals surface area contributed by atoms with Crippen molar-refractivity contribution in [1.82, 2.24) is 5.32 Å². The Balaban J connectivity index is 2.31. The summed E-state index contributed by atoms with van der Waals surface area (Å²) in [6.45, 7) is 12.4. The van der Waals surface area contributed by atoms with E-state index in [0.29, 0.717) is 5.92 Å². The van der Waals surface area contributed by atoms with E-state index >= 15 is 0 Å². The molecule has 1 N–H and O–H groups in total. The minimum Gasteiger partial charge on any atom is -0.317 e. The first-order chi connectivity index (χ1) is 9.26. The van der Waals surface area contributed by atoms with Crippen LogP contribution in [0.3, 0.4) is 0 Å². The number of hydrogen-bond donors (Lipinski definition) is 1. The van der Waals surface area contributed by atoms with Gasteiger partial charge >= 0.3 is 0 Å². The minimum atomic E-state index is 0.591. The second kappa shape index (κ2) is 6.72. The molecule has 1 aromatic carbocycles. The van der Waals surface area contributed by atoms with Gasteiger partial charge in [-0.15, -0.1) is 6.58 Å². The lowest BCUT2D eigenvalue weighted by molar-refractivity contribution is 0.318. The molecular weight excluding hydrogens is 230 g/mol. The first-order valence-corrected chi connectivity index (χ1v) is 7.31. The van der Waals surface area contributed by atoms with Gasteiger partial charge < -0.3 is 5.32 Å². The van der Waals surface area contributed by atoms with Crippen molar-refractivity contribution < 1.29 is 0 Å². The highest BCUT2D eigenvalue weighted by molar-refractivity contribution is 5.54. The van der Waals surface area contributed by atoms with Gasteiger partial charge in [-0.05, 0) is 62.2 Å². The Morgan fingerprint density at radius 3 is 2.68 bits per heavy atom. The van der Waals surface area contributed by atoms with Gasteiger partial charge in [0.15, 0.2) is 0 Å². The second-order valence-electron chi connectivity index (χ2n) is 5.55. The van der Waals surface area contributed by atoms with Crippen molar-refractivity contribution >= 4 is 6.08 Å². The normalized spacial score (nSPS) is 17.9. The van der Waals surface area contributed by atoms with E-state index < -0.39 is 0 Å². The molecule has 0 amide bonds. The van der Waals surface area contributed by atoms with Crippen LogP contribution in [0.1, 0.15) is 41.9 Å². The van der Waals surface area contributed by atoms with E-state index in [-0.39, 0.29) is 0 Å². The lowest BCUT2D eigenvalue weighted by atomic mass is 9.77. The molecule has 1 aliphatic rings. The lowest BCUT2D eigenvalue weighted by Crippen LogP contribution is -2.31. The van der Waals surface area contributed by atoms with Crippen LogP contribution in [0.15, 0.2) is 37.4 Å². The van der Waals surface area contributed by atoms with E-state index in [0.717, 1.165) is 25.4 Å². The third kappa shape index (κ3) is 3.36. The molecule has 1 heteroatoms. The number of aryl methyl sites for hydroxylation is 1. The predicted molar refractivity (Wildman–Crippen MR) is 84.4 cm³/mol. The molecule has 1 saturated heterocycles. The molecule has 1 unspecified atom stereocenters. The van der Waals surface area contributed by atoms with Crippen molar-refractivity contribution in [3.8, 4) is 0 Å². The first kappa shape index (κ1) is 14.1. The highest BCUT2D eigenvalue weighted by atomic mass is 14.9. The van der Waals surface area contributed by atoms with Gasteiger partial charge in [-0.3, -0.25) is 0 Å². The molecule has 1 heterocycles. The van der Waals surface area contributed by atoms with Gasteiger partial charge in [0.2, 0.25) is 0 Å². The van der Waals surface area contributed by atoms with Gasteiger partial charge in [-0.25, -0.2) is 0 Å². The molecular formula is C18H25N. The van der Waals surface area contributed by atoms with Crippen LogP contribution in [0.4, 0.5) is 0 Å². The van der Waals surface area contributed by atoms with Gasteiger partial charge in [-0.1, -0.05) is 42.5 Å². The average molecular weight is 255 g/mol. The Labute approximate surface area is 117 Å². The molecule has 0 radical (unpaired) electrons. The summed E-state index contributed by atoms with van der Waals surface area (Å²) in [5, 5.41) is 3.45. The van der Waals surface area contributed by atoms with E-state index in [1.54, 1.807) is 0 Å². The Morgan fingerprint density at radius 1 is 1.32 bits per heavy atom. The fraction of sp³-hybridized carbons (Fsp3) is 0.444. The molecule has 2 rings (SSSR count). The Bertz CT molecular complexity index is 441. The summed E-state index contributed by atoms with van der Waals surface area (Å²) < 4.78 is 0. The van der Waals surface area contributed by atoms with E-state index in [1.807, 2.05) is 6.08 Å². The molecule has 1 atom stereocenters. The van der Waals surface area contributed by atoms with Gasteiger partial charge in [0, 0.05) is 0 Å². The van der Waals surface area contributed by atoms with Gasteiger partial charge in [0.25, 0.3) is 0 Å². The largest absolute Gasteiger partial charge is 0.317 e. The minimum absolute atomic E-state index is 0.591. The van der Waals surface area contributed by atoms with Gasteiger partial charge in [0.1, 0.15) is 0 Å². The van der Waals surface area contributed by atoms with Crippen molar-refractivity contribution in [3.05, 3.63) is 54.1 Å². The van der Waals surface area contributed by atoms with Crippen LogP contribution < -0.4 is 5.32 Å². The number of piperidine rings is 1. The molecule has 0 aliphatic carbocycles. The zero-order valence-corrected chi connectivity index (χ0v) is 12.0. The second-order valence-corrected chi connectivity index (χ2v) is 5.55. The molecule has 1 aliphatic heterocycles. The van der Waals surface area contributed by atoms with Crippen LogP contribution in [-0.4, -0.2) is 13.1 Å². The van der Waals surface area contributed by atoms with Gasteiger partial charge in [0.05, 0.1) is 0 Å². The van der Waals surface area contributed by atoms with Crippen LogP contribution in [-0.2, 0) is 0 Å². The van der Waals surface area contributed by atoms with Crippen molar-refractivity contribution in [2.24, 2.45) is 5.92 Å². The van der Waals surface area contributed by atoms with Crippen LogP contribution >= 0.6 is 0 Å². The number of hydrogen-bond acceptors (Lipinski definition) is 1. The Morgan fingerprint density at radius 2 is 2.05 bits per heavy atom. The van der Waals surface area contributed by atoms with Crippen LogP contribution in [0.2, 0.25) is 0 Å². The quantitative estimate of drug-likeness (QED) is 0.774. The topological polar surface area (TPSA) is 12.0 Å². The van der Waals surface area contributed by atoms with E-state index in [2.05, 4.69) is 49.7 Å². The van der Waals surface area contributed by atoms with E-state index in [9.17, 15) is 0 Å². The number of benzene rings is 1. The van der Waals surface area contributed by atoms with Crippen LogP contribution in [0.25, 0.3) is 6.08 Å². The van der Waals surface area contributed by atoms with E-state index in [4.69, 9.17) is 0 Å². The van der Waals surface area contributed by atoms with Crippen LogP contribution in [0, 0.1) is 12.8 Å². The first-order valence-electron chi connectivity index (χ1n) is 7.31. The molecule has 19 heavy (non-hydrogen) atoms. The summed E-state index contributed by atoms with van der Waals surface area (Å²) in [6, 6.07) is 6.77. The maximum Gasteiger partial charge on any atom is -0.00460 e. The summed E-state index contributed by atoms with van der Waals surface area (Å²) in [5.74, 6) is 1.36. The van der Waals surface area contributed by atoms with Crippen LogP contribution in [0.5, 0.6) is 0 Å². The number of nitrogens with one attached hydrogen (secondary N) is 1. The molecule has 0 saturated carbocycles. The molecule has 1 nitrogen and oxygen atoms in total. The van der Waals surface area contributed by atoms with Crippen molar-refractivity contribution in [1.29, 1.82) is 0 Å². The molecule has 0 bridgehead atoms. The summed E-state index contributed by atoms with van der Waals surface area (Å²) >= 11 is 0. The SMILES string of the molecule is C=CCC(c1ccc(C)cc1C=C)C1CCNCC1. The monoisotopic (exact) mass is 255 g/mol. The zero-order chi connectivity index (χ0) is 13.7.